The van der Waals surface area contributed by atoms with E-state index in [-0.39, 0.29) is 11.5 Å². The summed E-state index contributed by atoms with van der Waals surface area (Å²) in [5.74, 6) is -1.55. The van der Waals surface area contributed by atoms with Crippen molar-refractivity contribution in [3.05, 3.63) is 84.3 Å². The Bertz CT molecular complexity index is 1500. The first kappa shape index (κ1) is 21.3. The Morgan fingerprint density at radius 2 is 1.82 bits per heavy atom. The van der Waals surface area contributed by atoms with Gasteiger partial charge in [-0.25, -0.2) is 23.5 Å². The monoisotopic (exact) mass is 459 g/mol. The van der Waals surface area contributed by atoms with Crippen molar-refractivity contribution in [2.24, 2.45) is 0 Å². The van der Waals surface area contributed by atoms with Gasteiger partial charge in [-0.2, -0.15) is 0 Å². The molecular formula is C24H19F2N7O. The van der Waals surface area contributed by atoms with Crippen LogP contribution in [0.25, 0.3) is 27.9 Å². The lowest BCUT2D eigenvalue weighted by Gasteiger charge is -2.12. The molecule has 3 heterocycles. The minimum atomic E-state index is -0.985. The van der Waals surface area contributed by atoms with Gasteiger partial charge in [0, 0.05) is 36.6 Å². The van der Waals surface area contributed by atoms with Crippen molar-refractivity contribution in [2.45, 2.75) is 6.54 Å². The van der Waals surface area contributed by atoms with E-state index in [1.807, 2.05) is 30.3 Å². The molecule has 3 aromatic heterocycles. The van der Waals surface area contributed by atoms with Crippen LogP contribution in [0.1, 0.15) is 5.69 Å². The van der Waals surface area contributed by atoms with Crippen LogP contribution < -0.4 is 16.0 Å². The van der Waals surface area contributed by atoms with Gasteiger partial charge < -0.3 is 16.0 Å². The third-order valence-corrected chi connectivity index (χ3v) is 5.29. The standard InChI is InChI=1S/C24H19F2N7O/c1-27-24(34)31-15-7-5-14(6-8-15)21-13-30-23-22(29-12-16-4-2-3-9-28-16)32-19-10-17(25)18(26)11-20(19)33(21)23/h2-11,13H,12H2,1H3,(H,29,32)(H2,27,31,34). The van der Waals surface area contributed by atoms with Crippen LogP contribution in [-0.4, -0.2) is 32.4 Å². The topological polar surface area (TPSA) is 96.2 Å². The highest BCUT2D eigenvalue weighted by Crippen LogP contribution is 2.30. The average Bonchev–Trinajstić information content (AvgIpc) is 3.30. The zero-order valence-corrected chi connectivity index (χ0v) is 18.0. The number of amides is 2. The quantitative estimate of drug-likeness (QED) is 0.357. The number of fused-ring (bicyclic) bond motifs is 3. The third-order valence-electron chi connectivity index (χ3n) is 5.29. The van der Waals surface area contributed by atoms with Crippen molar-refractivity contribution >= 4 is 34.2 Å². The van der Waals surface area contributed by atoms with E-state index in [0.717, 1.165) is 23.4 Å². The molecule has 0 aliphatic rings. The lowest BCUT2D eigenvalue weighted by atomic mass is 10.1. The van der Waals surface area contributed by atoms with Crippen LogP contribution in [-0.2, 0) is 6.54 Å². The molecule has 0 unspecified atom stereocenters. The number of urea groups is 1. The molecule has 34 heavy (non-hydrogen) atoms. The number of carbonyl (C=O) groups excluding carboxylic acids is 1. The number of aromatic nitrogens is 4. The van der Waals surface area contributed by atoms with Crippen molar-refractivity contribution in [3.63, 3.8) is 0 Å². The highest BCUT2D eigenvalue weighted by molar-refractivity contribution is 5.90. The van der Waals surface area contributed by atoms with Gasteiger partial charge in [-0.1, -0.05) is 18.2 Å². The molecule has 0 atom stereocenters. The van der Waals surface area contributed by atoms with Crippen LogP contribution in [0.15, 0.2) is 67.0 Å². The van der Waals surface area contributed by atoms with E-state index in [1.165, 1.54) is 7.05 Å². The van der Waals surface area contributed by atoms with E-state index in [1.54, 1.807) is 28.9 Å². The lowest BCUT2D eigenvalue weighted by molar-refractivity contribution is 0.254. The molecule has 8 nitrogen and oxygen atoms in total. The van der Waals surface area contributed by atoms with Gasteiger partial charge in [0.15, 0.2) is 23.1 Å². The summed E-state index contributed by atoms with van der Waals surface area (Å²) >= 11 is 0. The highest BCUT2D eigenvalue weighted by atomic mass is 19.2. The minimum Gasteiger partial charge on any atom is -0.361 e. The summed E-state index contributed by atoms with van der Waals surface area (Å²) in [7, 11) is 1.53. The summed E-state index contributed by atoms with van der Waals surface area (Å²) < 4.78 is 30.0. The van der Waals surface area contributed by atoms with E-state index in [4.69, 9.17) is 0 Å². The molecule has 0 saturated carbocycles. The number of carbonyl (C=O) groups is 1. The molecule has 0 aliphatic carbocycles. The fourth-order valence-corrected chi connectivity index (χ4v) is 3.64. The fourth-order valence-electron chi connectivity index (χ4n) is 3.64. The number of hydrogen-bond acceptors (Lipinski definition) is 5. The Balaban J connectivity index is 1.62. The van der Waals surface area contributed by atoms with Gasteiger partial charge in [-0.3, -0.25) is 9.38 Å². The van der Waals surface area contributed by atoms with Crippen molar-refractivity contribution in [1.29, 1.82) is 0 Å². The molecule has 5 aromatic rings. The molecule has 5 rings (SSSR count). The summed E-state index contributed by atoms with van der Waals surface area (Å²) in [4.78, 5) is 24.9. The number of rotatable bonds is 5. The van der Waals surface area contributed by atoms with Gasteiger partial charge in [-0.05, 0) is 24.3 Å². The van der Waals surface area contributed by atoms with Gasteiger partial charge in [-0.15, -0.1) is 0 Å². The number of halogens is 2. The molecule has 0 aliphatic heterocycles. The number of imidazole rings is 1. The van der Waals surface area contributed by atoms with Gasteiger partial charge in [0.25, 0.3) is 0 Å². The Hall–Kier alpha value is -4.60. The second kappa shape index (κ2) is 8.74. The number of nitrogens with zero attached hydrogens (tertiary/aromatic N) is 4. The van der Waals surface area contributed by atoms with E-state index in [2.05, 4.69) is 30.9 Å². The maximum absolute atomic E-state index is 14.2. The number of pyridine rings is 1. The summed E-state index contributed by atoms with van der Waals surface area (Å²) in [5.41, 5.74) is 3.91. The van der Waals surface area contributed by atoms with E-state index < -0.39 is 11.6 Å². The molecule has 2 amide bonds. The fraction of sp³-hybridized carbons (Fsp3) is 0.0833. The number of benzene rings is 2. The zero-order valence-electron chi connectivity index (χ0n) is 18.0. The van der Waals surface area contributed by atoms with E-state index in [9.17, 15) is 13.6 Å². The van der Waals surface area contributed by atoms with E-state index >= 15 is 0 Å². The Kier molecular flexibility index (Phi) is 5.46. The summed E-state index contributed by atoms with van der Waals surface area (Å²) in [6, 6.07) is 14.5. The van der Waals surface area contributed by atoms with Crippen LogP contribution in [0, 0.1) is 11.6 Å². The normalized spacial score (nSPS) is 11.0. The van der Waals surface area contributed by atoms with Crippen molar-refractivity contribution < 1.29 is 13.6 Å². The molecule has 0 spiro atoms. The van der Waals surface area contributed by atoms with E-state index in [0.29, 0.717) is 34.9 Å². The summed E-state index contributed by atoms with van der Waals surface area (Å²) in [6.07, 6.45) is 3.33. The predicted molar refractivity (Wildman–Crippen MR) is 125 cm³/mol. The second-order valence-electron chi connectivity index (χ2n) is 7.47. The maximum Gasteiger partial charge on any atom is 0.318 e. The number of anilines is 2. The second-order valence-corrected chi connectivity index (χ2v) is 7.47. The molecule has 0 saturated heterocycles. The van der Waals surface area contributed by atoms with Crippen molar-refractivity contribution in [3.8, 4) is 11.3 Å². The van der Waals surface area contributed by atoms with Crippen LogP contribution in [0.3, 0.4) is 0 Å². The first-order valence-corrected chi connectivity index (χ1v) is 10.4. The van der Waals surface area contributed by atoms with Gasteiger partial charge in [0.05, 0.1) is 35.2 Å². The minimum absolute atomic E-state index is 0.270. The molecule has 10 heteroatoms. The SMILES string of the molecule is CNC(=O)Nc1ccc(-c2cnc3c(NCc4ccccn4)nc4cc(F)c(F)cc4n23)cc1. The van der Waals surface area contributed by atoms with Gasteiger partial charge >= 0.3 is 6.03 Å². The van der Waals surface area contributed by atoms with Crippen LogP contribution in [0.4, 0.5) is 25.1 Å². The molecule has 3 N–H and O–H groups in total. The average molecular weight is 459 g/mol. The molecular weight excluding hydrogens is 440 g/mol. The first-order chi connectivity index (χ1) is 16.5. The largest absolute Gasteiger partial charge is 0.361 e. The molecule has 170 valence electrons. The third kappa shape index (κ3) is 3.96. The lowest BCUT2D eigenvalue weighted by Crippen LogP contribution is -2.24. The Labute approximate surface area is 192 Å². The zero-order chi connectivity index (χ0) is 23.7. The number of hydrogen-bond donors (Lipinski definition) is 3. The number of nitrogens with one attached hydrogen (secondary N) is 3. The summed E-state index contributed by atoms with van der Waals surface area (Å²) in [6.45, 7) is 0.376. The van der Waals surface area contributed by atoms with Crippen LogP contribution >= 0.6 is 0 Å². The smallest absolute Gasteiger partial charge is 0.318 e. The predicted octanol–water partition coefficient (Wildman–Crippen LogP) is 4.59. The van der Waals surface area contributed by atoms with Crippen LogP contribution in [0.5, 0.6) is 0 Å². The molecule has 0 bridgehead atoms. The van der Waals surface area contributed by atoms with Crippen molar-refractivity contribution in [2.75, 3.05) is 17.7 Å². The Morgan fingerprint density at radius 1 is 1.03 bits per heavy atom. The van der Waals surface area contributed by atoms with Crippen LogP contribution in [0.2, 0.25) is 0 Å². The highest BCUT2D eigenvalue weighted by Gasteiger charge is 2.17. The molecule has 0 fully saturated rings. The first-order valence-electron chi connectivity index (χ1n) is 10.4. The van der Waals surface area contributed by atoms with Crippen molar-refractivity contribution in [1.82, 2.24) is 24.7 Å². The Morgan fingerprint density at radius 3 is 2.56 bits per heavy atom. The maximum atomic E-state index is 14.2. The summed E-state index contributed by atoms with van der Waals surface area (Å²) in [5, 5.41) is 8.39. The molecule has 0 radical (unpaired) electrons. The molecule has 2 aromatic carbocycles. The van der Waals surface area contributed by atoms with Gasteiger partial charge in [0.1, 0.15) is 0 Å². The van der Waals surface area contributed by atoms with Gasteiger partial charge in [0.2, 0.25) is 0 Å².